The molecule has 6 nitrogen and oxygen atoms in total. The molecule has 0 saturated carbocycles. The van der Waals surface area contributed by atoms with Gasteiger partial charge in [0.2, 0.25) is 11.7 Å². The van der Waals surface area contributed by atoms with Gasteiger partial charge in [0.25, 0.3) is 0 Å². The lowest BCUT2D eigenvalue weighted by Crippen LogP contribution is -2.14. The molecule has 0 saturated heterocycles. The molecule has 1 unspecified atom stereocenters. The highest BCUT2D eigenvalue weighted by Gasteiger charge is 2.14. The van der Waals surface area contributed by atoms with Crippen molar-refractivity contribution in [2.75, 3.05) is 6.61 Å². The average Bonchev–Trinajstić information content (AvgIpc) is 2.95. The number of rotatable bonds is 3. The van der Waals surface area contributed by atoms with Gasteiger partial charge in [0.1, 0.15) is 6.04 Å². The van der Waals surface area contributed by atoms with Gasteiger partial charge in [-0.3, -0.25) is 4.98 Å². The molecule has 2 heterocycles. The molecular weight excluding hydrogens is 244 g/mol. The van der Waals surface area contributed by atoms with Gasteiger partial charge in [0.05, 0.1) is 12.1 Å². The molecule has 3 rings (SSSR count). The molecule has 0 aliphatic rings. The van der Waals surface area contributed by atoms with E-state index in [1.807, 2.05) is 30.3 Å². The molecule has 0 fully saturated rings. The number of aromatic nitrogens is 3. The highest BCUT2D eigenvalue weighted by atomic mass is 16.5. The maximum atomic E-state index is 8.95. The fourth-order valence-corrected chi connectivity index (χ4v) is 1.80. The van der Waals surface area contributed by atoms with Crippen LogP contribution in [0.1, 0.15) is 11.9 Å². The van der Waals surface area contributed by atoms with Crippen LogP contribution in [0, 0.1) is 0 Å². The lowest BCUT2D eigenvalue weighted by molar-refractivity contribution is 0.237. The highest BCUT2D eigenvalue weighted by molar-refractivity contribution is 5.82. The molecule has 0 radical (unpaired) electrons. The topological polar surface area (TPSA) is 98.1 Å². The van der Waals surface area contributed by atoms with E-state index in [1.165, 1.54) is 0 Å². The first-order valence-corrected chi connectivity index (χ1v) is 5.83. The van der Waals surface area contributed by atoms with Crippen molar-refractivity contribution in [1.29, 1.82) is 0 Å². The van der Waals surface area contributed by atoms with Crippen LogP contribution in [0.2, 0.25) is 0 Å². The number of aliphatic hydroxyl groups excluding tert-OH is 1. The molecule has 0 bridgehead atoms. The fourth-order valence-electron chi connectivity index (χ4n) is 1.80. The van der Waals surface area contributed by atoms with Gasteiger partial charge < -0.3 is 15.4 Å². The number of aliphatic hydroxyl groups is 1. The Balaban J connectivity index is 2.01. The zero-order chi connectivity index (χ0) is 13.2. The normalized spacial score (nSPS) is 12.7. The molecule has 0 spiro atoms. The summed E-state index contributed by atoms with van der Waals surface area (Å²) in [5.74, 6) is 0.674. The molecule has 0 aliphatic carbocycles. The largest absolute Gasteiger partial charge is 0.394 e. The number of fused-ring (bicyclic) bond motifs is 1. The summed E-state index contributed by atoms with van der Waals surface area (Å²) in [7, 11) is 0. The summed E-state index contributed by atoms with van der Waals surface area (Å²) in [5, 5.41) is 13.8. The van der Waals surface area contributed by atoms with Gasteiger partial charge in [-0.25, -0.2) is 0 Å². The molecule has 2 aromatic heterocycles. The Morgan fingerprint density at radius 1 is 1.32 bits per heavy atom. The van der Waals surface area contributed by atoms with E-state index in [0.29, 0.717) is 5.82 Å². The zero-order valence-electron chi connectivity index (χ0n) is 10.0. The molecule has 1 atom stereocenters. The maximum absolute atomic E-state index is 8.95. The third kappa shape index (κ3) is 2.18. The first-order chi connectivity index (χ1) is 9.28. The number of hydrogen-bond acceptors (Lipinski definition) is 6. The van der Waals surface area contributed by atoms with E-state index >= 15 is 0 Å². The zero-order valence-corrected chi connectivity index (χ0v) is 10.0. The summed E-state index contributed by atoms with van der Waals surface area (Å²) in [5.41, 5.74) is 7.34. The Kier molecular flexibility index (Phi) is 2.94. The van der Waals surface area contributed by atoms with Crippen molar-refractivity contribution in [2.45, 2.75) is 6.04 Å². The monoisotopic (exact) mass is 256 g/mol. The third-order valence-corrected chi connectivity index (χ3v) is 2.82. The predicted octanol–water partition coefficient (Wildman–Crippen LogP) is 1.28. The average molecular weight is 256 g/mol. The second-order valence-corrected chi connectivity index (χ2v) is 4.16. The predicted molar refractivity (Wildman–Crippen MR) is 69.0 cm³/mol. The number of benzene rings is 1. The van der Waals surface area contributed by atoms with Crippen molar-refractivity contribution >= 4 is 10.9 Å². The lowest BCUT2D eigenvalue weighted by atomic mass is 10.1. The Morgan fingerprint density at radius 3 is 3.05 bits per heavy atom. The van der Waals surface area contributed by atoms with Gasteiger partial charge >= 0.3 is 0 Å². The highest BCUT2D eigenvalue weighted by Crippen LogP contribution is 2.22. The molecule has 0 aliphatic heterocycles. The van der Waals surface area contributed by atoms with Crippen LogP contribution in [0.25, 0.3) is 22.3 Å². The van der Waals surface area contributed by atoms with Crippen LogP contribution in [-0.4, -0.2) is 26.8 Å². The standard InChI is InChI=1S/C13H12N4O2/c14-10(7-18)13-16-12(17-19-13)9-3-4-11-8(6-9)2-1-5-15-11/h1-6,10,18H,7,14H2. The van der Waals surface area contributed by atoms with Crippen LogP contribution >= 0.6 is 0 Å². The SMILES string of the molecule is NC(CO)c1nc(-c2ccc3ncccc3c2)no1. The minimum atomic E-state index is -0.650. The number of nitrogens with zero attached hydrogens (tertiary/aromatic N) is 3. The third-order valence-electron chi connectivity index (χ3n) is 2.82. The van der Waals surface area contributed by atoms with Gasteiger partial charge in [-0.15, -0.1) is 0 Å². The smallest absolute Gasteiger partial charge is 0.246 e. The maximum Gasteiger partial charge on any atom is 0.246 e. The van der Waals surface area contributed by atoms with Gasteiger partial charge in [-0.05, 0) is 24.3 Å². The second-order valence-electron chi connectivity index (χ2n) is 4.16. The lowest BCUT2D eigenvalue weighted by Gasteiger charge is -1.99. The van der Waals surface area contributed by atoms with Crippen LogP contribution in [0.4, 0.5) is 0 Å². The number of nitrogens with two attached hydrogens (primary N) is 1. The first-order valence-electron chi connectivity index (χ1n) is 5.83. The minimum absolute atomic E-state index is 0.226. The van der Waals surface area contributed by atoms with E-state index in [1.54, 1.807) is 6.20 Å². The molecule has 3 N–H and O–H groups in total. The number of hydrogen-bond donors (Lipinski definition) is 2. The Hall–Kier alpha value is -2.31. The van der Waals surface area contributed by atoms with Gasteiger partial charge in [0.15, 0.2) is 0 Å². The quantitative estimate of drug-likeness (QED) is 0.732. The summed E-state index contributed by atoms with van der Waals surface area (Å²) < 4.78 is 5.02. The van der Waals surface area contributed by atoms with Crippen molar-refractivity contribution < 1.29 is 9.63 Å². The van der Waals surface area contributed by atoms with Crippen molar-refractivity contribution in [1.82, 2.24) is 15.1 Å². The summed E-state index contributed by atoms with van der Waals surface area (Å²) >= 11 is 0. The van der Waals surface area contributed by atoms with Crippen LogP contribution in [0.5, 0.6) is 0 Å². The fraction of sp³-hybridized carbons (Fsp3) is 0.154. The Labute approximate surface area is 108 Å². The molecule has 19 heavy (non-hydrogen) atoms. The van der Waals surface area contributed by atoms with E-state index in [0.717, 1.165) is 16.5 Å². The Morgan fingerprint density at radius 2 is 2.21 bits per heavy atom. The van der Waals surface area contributed by atoms with Gasteiger partial charge in [0, 0.05) is 17.1 Å². The molecule has 3 aromatic rings. The van der Waals surface area contributed by atoms with Crippen LogP contribution in [0.3, 0.4) is 0 Å². The van der Waals surface area contributed by atoms with Crippen molar-refractivity contribution in [3.63, 3.8) is 0 Å². The van der Waals surface area contributed by atoms with E-state index in [4.69, 9.17) is 15.4 Å². The van der Waals surface area contributed by atoms with E-state index in [2.05, 4.69) is 15.1 Å². The molecule has 96 valence electrons. The molecule has 6 heteroatoms. The molecule has 0 amide bonds. The summed E-state index contributed by atoms with van der Waals surface area (Å²) in [6.45, 7) is -0.233. The van der Waals surface area contributed by atoms with Crippen LogP contribution in [-0.2, 0) is 0 Å². The summed E-state index contributed by atoms with van der Waals surface area (Å²) in [4.78, 5) is 8.42. The van der Waals surface area contributed by atoms with Crippen molar-refractivity contribution in [2.24, 2.45) is 5.73 Å². The van der Waals surface area contributed by atoms with Crippen molar-refractivity contribution in [3.05, 3.63) is 42.4 Å². The van der Waals surface area contributed by atoms with Crippen LogP contribution in [0.15, 0.2) is 41.1 Å². The van der Waals surface area contributed by atoms with E-state index in [-0.39, 0.29) is 12.5 Å². The molecule has 1 aromatic carbocycles. The summed E-state index contributed by atoms with van der Waals surface area (Å²) in [6, 6.07) is 8.88. The van der Waals surface area contributed by atoms with Crippen LogP contribution < -0.4 is 5.73 Å². The number of pyridine rings is 1. The van der Waals surface area contributed by atoms with Crippen molar-refractivity contribution in [3.8, 4) is 11.4 Å². The van der Waals surface area contributed by atoms with Gasteiger partial charge in [-0.1, -0.05) is 11.2 Å². The first kappa shape index (κ1) is 11.8. The van der Waals surface area contributed by atoms with E-state index < -0.39 is 6.04 Å². The minimum Gasteiger partial charge on any atom is -0.394 e. The molecular formula is C13H12N4O2. The van der Waals surface area contributed by atoms with E-state index in [9.17, 15) is 0 Å². The van der Waals surface area contributed by atoms with Gasteiger partial charge in [-0.2, -0.15) is 4.98 Å². The Bertz CT molecular complexity index is 710. The summed E-state index contributed by atoms with van der Waals surface area (Å²) in [6.07, 6.45) is 1.74. The second kappa shape index (κ2) is 4.75.